The summed E-state index contributed by atoms with van der Waals surface area (Å²) in [5.74, 6) is 0.737. The Bertz CT molecular complexity index is 772. The second-order valence-electron chi connectivity index (χ2n) is 3.70. The maximum atomic E-state index is 11.4. The Morgan fingerprint density at radius 3 is 2.84 bits per heavy atom. The Hall–Kier alpha value is -1.74. The van der Waals surface area contributed by atoms with Gasteiger partial charge in [0.05, 0.1) is 8.66 Å². The highest BCUT2D eigenvalue weighted by Crippen LogP contribution is 2.29. The summed E-state index contributed by atoms with van der Waals surface area (Å²) in [6.45, 7) is 1.81. The number of halogens is 1. The molecule has 0 atom stereocenters. The lowest BCUT2D eigenvalue weighted by Crippen LogP contribution is -2.16. The summed E-state index contributed by atoms with van der Waals surface area (Å²) in [5, 5.41) is 7.44. The number of hydrogen-bond donors (Lipinski definition) is 0. The van der Waals surface area contributed by atoms with Gasteiger partial charge in [0.15, 0.2) is 5.82 Å². The fourth-order valence-corrected chi connectivity index (χ4v) is 2.82. The Labute approximate surface area is 119 Å². The monoisotopic (exact) mass is 342 g/mol. The van der Waals surface area contributed by atoms with Gasteiger partial charge in [-0.15, -0.1) is 11.3 Å². The van der Waals surface area contributed by atoms with Crippen LogP contribution in [0.4, 0.5) is 0 Å². The van der Waals surface area contributed by atoms with E-state index < -0.39 is 5.76 Å². The fraction of sp³-hybridized carbons (Fsp3) is 0.200. The summed E-state index contributed by atoms with van der Waals surface area (Å²) in [6.07, 6.45) is 0. The highest BCUT2D eigenvalue weighted by Gasteiger charge is 2.14. The molecule has 3 aromatic rings. The molecule has 0 saturated carbocycles. The highest BCUT2D eigenvalue weighted by molar-refractivity contribution is 9.11. The van der Waals surface area contributed by atoms with Crippen LogP contribution in [0.1, 0.15) is 11.7 Å². The SMILES string of the molecule is Cc1noc(=O)n1Cc1nc(-c2ccc(Br)s2)no1. The highest BCUT2D eigenvalue weighted by atomic mass is 79.9. The molecule has 3 aromatic heterocycles. The number of hydrogen-bond acceptors (Lipinski definition) is 7. The first kappa shape index (κ1) is 12.3. The number of aryl methyl sites for hydroxylation is 1. The minimum Gasteiger partial charge on any atom is -0.337 e. The molecule has 0 spiro atoms. The standard InChI is InChI=1S/C10H7BrN4O3S/c1-5-13-18-10(16)15(5)4-8-12-9(14-17-8)6-2-3-7(11)19-6/h2-3H,4H2,1H3. The maximum absolute atomic E-state index is 11.4. The van der Waals surface area contributed by atoms with Crippen molar-refractivity contribution in [2.24, 2.45) is 0 Å². The van der Waals surface area contributed by atoms with Gasteiger partial charge in [-0.3, -0.25) is 9.09 Å². The number of rotatable bonds is 3. The number of thiophene rings is 1. The normalized spacial score (nSPS) is 11.1. The van der Waals surface area contributed by atoms with E-state index >= 15 is 0 Å². The van der Waals surface area contributed by atoms with Gasteiger partial charge < -0.3 is 4.52 Å². The molecule has 0 N–H and O–H groups in total. The second-order valence-corrected chi connectivity index (χ2v) is 6.16. The third kappa shape index (κ3) is 2.38. The molecule has 0 amide bonds. The molecule has 7 nitrogen and oxygen atoms in total. The van der Waals surface area contributed by atoms with Crippen molar-refractivity contribution in [3.63, 3.8) is 0 Å². The van der Waals surface area contributed by atoms with E-state index in [1.807, 2.05) is 12.1 Å². The molecule has 3 rings (SSSR count). The van der Waals surface area contributed by atoms with Crippen molar-refractivity contribution < 1.29 is 9.05 Å². The molecule has 19 heavy (non-hydrogen) atoms. The molecule has 0 aliphatic rings. The van der Waals surface area contributed by atoms with E-state index in [4.69, 9.17) is 4.52 Å². The number of aromatic nitrogens is 4. The summed E-state index contributed by atoms with van der Waals surface area (Å²) in [5.41, 5.74) is 0. The molecule has 0 aromatic carbocycles. The Morgan fingerprint density at radius 2 is 2.21 bits per heavy atom. The van der Waals surface area contributed by atoms with Gasteiger partial charge in [0.25, 0.3) is 0 Å². The predicted octanol–water partition coefficient (Wildman–Crippen LogP) is 2.07. The van der Waals surface area contributed by atoms with Gasteiger partial charge in [-0.25, -0.2) is 4.79 Å². The first-order valence-electron chi connectivity index (χ1n) is 5.25. The van der Waals surface area contributed by atoms with Crippen molar-refractivity contribution in [2.45, 2.75) is 13.5 Å². The fourth-order valence-electron chi connectivity index (χ4n) is 1.50. The first-order chi connectivity index (χ1) is 9.13. The van der Waals surface area contributed by atoms with Crippen LogP contribution in [-0.4, -0.2) is 19.9 Å². The van der Waals surface area contributed by atoms with E-state index in [-0.39, 0.29) is 6.54 Å². The zero-order valence-electron chi connectivity index (χ0n) is 9.66. The first-order valence-corrected chi connectivity index (χ1v) is 6.86. The quantitative estimate of drug-likeness (QED) is 0.724. The third-order valence-corrected chi connectivity index (χ3v) is 4.04. The predicted molar refractivity (Wildman–Crippen MR) is 69.9 cm³/mol. The average molecular weight is 343 g/mol. The molecular weight excluding hydrogens is 336 g/mol. The minimum atomic E-state index is -0.545. The summed E-state index contributed by atoms with van der Waals surface area (Å²) >= 11 is 4.87. The van der Waals surface area contributed by atoms with Crippen molar-refractivity contribution in [3.05, 3.63) is 38.2 Å². The topological polar surface area (TPSA) is 87.0 Å². The van der Waals surface area contributed by atoms with Crippen molar-refractivity contribution in [1.82, 2.24) is 19.9 Å². The zero-order chi connectivity index (χ0) is 13.4. The molecule has 0 bridgehead atoms. The van der Waals surface area contributed by atoms with E-state index in [1.165, 1.54) is 15.9 Å². The van der Waals surface area contributed by atoms with E-state index in [1.54, 1.807) is 6.92 Å². The molecule has 0 unspecified atom stereocenters. The van der Waals surface area contributed by atoms with E-state index in [2.05, 4.69) is 35.8 Å². The molecular formula is C10H7BrN4O3S. The summed E-state index contributed by atoms with van der Waals surface area (Å²) < 4.78 is 11.9. The van der Waals surface area contributed by atoms with Crippen LogP contribution in [0.2, 0.25) is 0 Å². The van der Waals surface area contributed by atoms with Crippen LogP contribution < -0.4 is 5.76 Å². The summed E-state index contributed by atoms with van der Waals surface area (Å²) in [4.78, 5) is 16.5. The van der Waals surface area contributed by atoms with Crippen LogP contribution in [0.25, 0.3) is 10.7 Å². The molecule has 0 aliphatic heterocycles. The maximum Gasteiger partial charge on any atom is 0.442 e. The van der Waals surface area contributed by atoms with Gasteiger partial charge in [-0.1, -0.05) is 10.3 Å². The van der Waals surface area contributed by atoms with Crippen LogP contribution >= 0.6 is 27.3 Å². The van der Waals surface area contributed by atoms with Gasteiger partial charge in [-0.05, 0) is 35.0 Å². The molecule has 0 saturated heterocycles. The summed E-state index contributed by atoms with van der Waals surface area (Å²) in [7, 11) is 0. The van der Waals surface area contributed by atoms with Gasteiger partial charge >= 0.3 is 5.76 Å². The van der Waals surface area contributed by atoms with E-state index in [0.29, 0.717) is 17.5 Å². The molecule has 0 aliphatic carbocycles. The van der Waals surface area contributed by atoms with Crippen molar-refractivity contribution in [1.29, 1.82) is 0 Å². The third-order valence-electron chi connectivity index (χ3n) is 2.42. The molecule has 0 fully saturated rings. The molecule has 3 heterocycles. The van der Waals surface area contributed by atoms with E-state index in [0.717, 1.165) is 8.66 Å². The molecule has 0 radical (unpaired) electrons. The molecule has 9 heteroatoms. The van der Waals surface area contributed by atoms with Crippen molar-refractivity contribution >= 4 is 27.3 Å². The lowest BCUT2D eigenvalue weighted by molar-refractivity contribution is 0.354. The van der Waals surface area contributed by atoms with Gasteiger partial charge in [0.2, 0.25) is 11.7 Å². The van der Waals surface area contributed by atoms with E-state index in [9.17, 15) is 4.79 Å². The van der Waals surface area contributed by atoms with Crippen LogP contribution in [-0.2, 0) is 6.54 Å². The van der Waals surface area contributed by atoms with Crippen molar-refractivity contribution in [3.8, 4) is 10.7 Å². The van der Waals surface area contributed by atoms with Crippen LogP contribution in [0, 0.1) is 6.92 Å². The van der Waals surface area contributed by atoms with Gasteiger partial charge in [0, 0.05) is 0 Å². The zero-order valence-corrected chi connectivity index (χ0v) is 12.1. The van der Waals surface area contributed by atoms with Crippen LogP contribution in [0.3, 0.4) is 0 Å². The Balaban J connectivity index is 1.88. The van der Waals surface area contributed by atoms with Gasteiger partial charge in [0.1, 0.15) is 6.54 Å². The van der Waals surface area contributed by atoms with Gasteiger partial charge in [-0.2, -0.15) is 4.98 Å². The second kappa shape index (κ2) is 4.74. The van der Waals surface area contributed by atoms with Crippen LogP contribution in [0.5, 0.6) is 0 Å². The largest absolute Gasteiger partial charge is 0.442 e. The number of nitrogens with zero attached hydrogens (tertiary/aromatic N) is 4. The summed E-state index contributed by atoms with van der Waals surface area (Å²) in [6, 6.07) is 3.80. The minimum absolute atomic E-state index is 0.147. The average Bonchev–Trinajstić information content (AvgIpc) is 3.06. The lowest BCUT2D eigenvalue weighted by atomic mass is 10.4. The molecule has 98 valence electrons. The van der Waals surface area contributed by atoms with Crippen molar-refractivity contribution in [2.75, 3.05) is 0 Å². The lowest BCUT2D eigenvalue weighted by Gasteiger charge is -1.94. The van der Waals surface area contributed by atoms with Crippen LogP contribution in [0.15, 0.2) is 29.8 Å². The Morgan fingerprint density at radius 1 is 1.37 bits per heavy atom. The Kier molecular flexibility index (Phi) is 3.07. The smallest absolute Gasteiger partial charge is 0.337 e.